The minimum absolute atomic E-state index is 0.903. The van der Waals surface area contributed by atoms with Gasteiger partial charge in [0.15, 0.2) is 0 Å². The number of hydrogen-bond donors (Lipinski definition) is 0. The Balaban J connectivity index is 1.58. The van der Waals surface area contributed by atoms with Crippen LogP contribution in [0, 0.1) is 0 Å². The zero-order valence-corrected chi connectivity index (χ0v) is 17.5. The molecule has 1 nitrogen and oxygen atoms in total. The smallest absolute Gasteiger partial charge is 0.149 e. The first kappa shape index (κ1) is 16.4. The summed E-state index contributed by atoms with van der Waals surface area (Å²) in [4.78, 5) is 0. The van der Waals surface area contributed by atoms with Gasteiger partial charge in [-0.05, 0) is 77.6 Å². The van der Waals surface area contributed by atoms with Crippen LogP contribution in [0.4, 0.5) is 0 Å². The van der Waals surface area contributed by atoms with Crippen molar-refractivity contribution in [3.05, 3.63) is 95.5 Å². The van der Waals surface area contributed by atoms with Crippen LogP contribution in [0.1, 0.15) is 0 Å². The first-order valence-electron chi connectivity index (χ1n) is 10.1. The highest BCUT2D eigenvalue weighted by Gasteiger charge is 2.14. The zero-order chi connectivity index (χ0) is 19.8. The number of benzene rings is 6. The molecule has 0 fully saturated rings. The van der Waals surface area contributed by atoms with Crippen LogP contribution in [-0.4, -0.2) is 0 Å². The fourth-order valence-corrected chi connectivity index (χ4v) is 5.37. The molecule has 0 unspecified atom stereocenters. The van der Waals surface area contributed by atoms with Crippen LogP contribution in [0.15, 0.2) is 99.9 Å². The lowest BCUT2D eigenvalue weighted by atomic mass is 9.89. The molecule has 0 bridgehead atoms. The topological polar surface area (TPSA) is 13.1 Å². The maximum atomic E-state index is 6.11. The predicted octanol–water partition coefficient (Wildman–Crippen LogP) is 8.91. The Morgan fingerprint density at radius 2 is 1.30 bits per heavy atom. The van der Waals surface area contributed by atoms with Gasteiger partial charge in [-0.15, -0.1) is 0 Å². The molecule has 0 aliphatic carbocycles. The van der Waals surface area contributed by atoms with Gasteiger partial charge >= 0.3 is 0 Å². The van der Waals surface area contributed by atoms with Gasteiger partial charge in [0.1, 0.15) is 11.2 Å². The summed E-state index contributed by atoms with van der Waals surface area (Å²) in [6.45, 7) is 0. The van der Waals surface area contributed by atoms with E-state index >= 15 is 0 Å². The number of fused-ring (bicyclic) bond motifs is 3. The molecule has 0 saturated carbocycles. The molecule has 6 aromatic carbocycles. The number of halogens is 1. The molecule has 0 atom stereocenters. The van der Waals surface area contributed by atoms with Crippen LogP contribution in [0.5, 0.6) is 0 Å². The van der Waals surface area contributed by atoms with Gasteiger partial charge < -0.3 is 4.42 Å². The molecular weight excluding hydrogens is 432 g/mol. The van der Waals surface area contributed by atoms with E-state index in [9.17, 15) is 0 Å². The third kappa shape index (κ3) is 2.12. The summed E-state index contributed by atoms with van der Waals surface area (Å²) in [5, 5.41) is 10.2. The molecule has 1 heterocycles. The van der Waals surface area contributed by atoms with Gasteiger partial charge in [-0.3, -0.25) is 0 Å². The van der Waals surface area contributed by atoms with Gasteiger partial charge in [0.25, 0.3) is 0 Å². The molecule has 0 spiro atoms. The van der Waals surface area contributed by atoms with Crippen molar-refractivity contribution in [3.63, 3.8) is 0 Å². The van der Waals surface area contributed by atoms with Crippen LogP contribution < -0.4 is 0 Å². The average molecular weight is 447 g/mol. The second-order valence-corrected chi connectivity index (χ2v) is 8.75. The molecule has 2 heteroatoms. The molecule has 0 amide bonds. The highest BCUT2D eigenvalue weighted by Crippen LogP contribution is 2.41. The summed E-state index contributed by atoms with van der Waals surface area (Å²) in [5.41, 5.74) is 4.29. The summed E-state index contributed by atoms with van der Waals surface area (Å²) in [6, 6.07) is 32.8. The monoisotopic (exact) mass is 446 g/mol. The standard InChI is InChI=1S/C28H15BrO/c29-24-6-2-5-22-23-15-19(11-14-25(23)30-28(22)24)20-12-9-18-8-7-16-3-1-4-17-10-13-21(20)27(18)26(16)17/h1-15H. The van der Waals surface area contributed by atoms with E-state index in [0.29, 0.717) is 0 Å². The van der Waals surface area contributed by atoms with E-state index in [4.69, 9.17) is 4.42 Å². The van der Waals surface area contributed by atoms with E-state index in [2.05, 4.69) is 101 Å². The van der Waals surface area contributed by atoms with Crippen molar-refractivity contribution in [2.45, 2.75) is 0 Å². The van der Waals surface area contributed by atoms with Crippen LogP contribution >= 0.6 is 15.9 Å². The van der Waals surface area contributed by atoms with E-state index in [-0.39, 0.29) is 0 Å². The van der Waals surface area contributed by atoms with Gasteiger partial charge in [-0.1, -0.05) is 72.8 Å². The van der Waals surface area contributed by atoms with Crippen molar-refractivity contribution in [2.75, 3.05) is 0 Å². The average Bonchev–Trinajstić information content (AvgIpc) is 3.17. The zero-order valence-electron chi connectivity index (χ0n) is 15.9. The van der Waals surface area contributed by atoms with E-state index in [1.54, 1.807) is 0 Å². The third-order valence-corrected chi connectivity index (χ3v) is 6.91. The minimum Gasteiger partial charge on any atom is -0.455 e. The van der Waals surface area contributed by atoms with Crippen molar-refractivity contribution in [3.8, 4) is 11.1 Å². The van der Waals surface area contributed by atoms with Gasteiger partial charge in [0.05, 0.1) is 4.47 Å². The van der Waals surface area contributed by atoms with E-state index in [1.807, 2.05) is 6.07 Å². The summed E-state index contributed by atoms with van der Waals surface area (Å²) in [7, 11) is 0. The maximum Gasteiger partial charge on any atom is 0.149 e. The lowest BCUT2D eigenvalue weighted by molar-refractivity contribution is 0.667. The number of hydrogen-bond acceptors (Lipinski definition) is 1. The van der Waals surface area contributed by atoms with Crippen LogP contribution in [0.2, 0.25) is 0 Å². The third-order valence-electron chi connectivity index (χ3n) is 6.29. The van der Waals surface area contributed by atoms with Crippen LogP contribution in [0.3, 0.4) is 0 Å². The second kappa shape index (κ2) is 5.84. The van der Waals surface area contributed by atoms with Crippen molar-refractivity contribution in [1.82, 2.24) is 0 Å². The SMILES string of the molecule is Brc1cccc2c1oc1ccc(-c3ccc4ccc5cccc6ccc3c4c56)cc12. The lowest BCUT2D eigenvalue weighted by Gasteiger charge is -2.14. The molecule has 30 heavy (non-hydrogen) atoms. The molecule has 0 aliphatic rings. The molecule has 0 radical (unpaired) electrons. The Morgan fingerprint density at radius 3 is 2.17 bits per heavy atom. The van der Waals surface area contributed by atoms with Crippen molar-refractivity contribution < 1.29 is 4.42 Å². The molecular formula is C28H15BrO. The Hall–Kier alpha value is -3.36. The lowest BCUT2D eigenvalue weighted by Crippen LogP contribution is -1.87. The summed E-state index contributed by atoms with van der Waals surface area (Å²) in [5.74, 6) is 0. The Bertz CT molecular complexity index is 1740. The molecule has 0 saturated heterocycles. The number of rotatable bonds is 1. The van der Waals surface area contributed by atoms with Crippen LogP contribution in [-0.2, 0) is 0 Å². The molecule has 7 rings (SSSR count). The molecule has 1 aromatic heterocycles. The van der Waals surface area contributed by atoms with E-state index in [1.165, 1.54) is 43.4 Å². The van der Waals surface area contributed by atoms with Crippen molar-refractivity contribution in [2.24, 2.45) is 0 Å². The highest BCUT2D eigenvalue weighted by molar-refractivity contribution is 9.10. The van der Waals surface area contributed by atoms with Gasteiger partial charge in [0.2, 0.25) is 0 Å². The highest BCUT2D eigenvalue weighted by atomic mass is 79.9. The molecule has 0 aliphatic heterocycles. The van der Waals surface area contributed by atoms with Crippen LogP contribution in [0.25, 0.3) is 65.4 Å². The largest absolute Gasteiger partial charge is 0.455 e. The van der Waals surface area contributed by atoms with E-state index in [0.717, 1.165) is 26.4 Å². The van der Waals surface area contributed by atoms with Gasteiger partial charge in [0, 0.05) is 10.8 Å². The van der Waals surface area contributed by atoms with Gasteiger partial charge in [-0.25, -0.2) is 0 Å². The summed E-state index contributed by atoms with van der Waals surface area (Å²) >= 11 is 3.61. The molecule has 140 valence electrons. The first-order chi connectivity index (χ1) is 14.8. The maximum absolute atomic E-state index is 6.11. The summed E-state index contributed by atoms with van der Waals surface area (Å²) < 4.78 is 7.09. The van der Waals surface area contributed by atoms with E-state index < -0.39 is 0 Å². The van der Waals surface area contributed by atoms with Crippen molar-refractivity contribution >= 4 is 70.2 Å². The van der Waals surface area contributed by atoms with Crippen molar-refractivity contribution in [1.29, 1.82) is 0 Å². The second-order valence-electron chi connectivity index (χ2n) is 7.90. The Morgan fingerprint density at radius 1 is 0.567 bits per heavy atom. The summed E-state index contributed by atoms with van der Waals surface area (Å²) in [6.07, 6.45) is 0. The molecule has 7 aromatic rings. The fourth-order valence-electron chi connectivity index (χ4n) is 4.92. The fraction of sp³-hybridized carbons (Fsp3) is 0. The number of para-hydroxylation sites is 1. The molecule has 0 N–H and O–H groups in total. The normalized spacial score (nSPS) is 12.2. The number of furan rings is 1. The Labute approximate surface area is 181 Å². The Kier molecular flexibility index (Phi) is 3.20. The van der Waals surface area contributed by atoms with Gasteiger partial charge in [-0.2, -0.15) is 0 Å². The quantitative estimate of drug-likeness (QED) is 0.229. The first-order valence-corrected chi connectivity index (χ1v) is 10.8. The predicted molar refractivity (Wildman–Crippen MR) is 131 cm³/mol. The minimum atomic E-state index is 0.903.